The van der Waals surface area contributed by atoms with Gasteiger partial charge in [0.25, 0.3) is 15.7 Å². The van der Waals surface area contributed by atoms with Gasteiger partial charge in [-0.3, -0.25) is 4.79 Å². The van der Waals surface area contributed by atoms with Crippen molar-refractivity contribution in [3.63, 3.8) is 0 Å². The maximum Gasteiger partial charge on any atom is 0.501 e. The van der Waals surface area contributed by atoms with Crippen molar-refractivity contribution in [2.75, 3.05) is 17.2 Å². The molecule has 5 nitrogen and oxygen atoms in total. The third-order valence-electron chi connectivity index (χ3n) is 3.31. The first-order valence-corrected chi connectivity index (χ1v) is 9.60. The van der Waals surface area contributed by atoms with Crippen molar-refractivity contribution in [2.45, 2.75) is 17.3 Å². The average Bonchev–Trinajstić information content (AvgIpc) is 2.55. The third-order valence-corrected chi connectivity index (χ3v) is 5.29. The second-order valence-electron chi connectivity index (χ2n) is 5.15. The fourth-order valence-electron chi connectivity index (χ4n) is 2.10. The number of benzene rings is 2. The molecule has 1 amide bonds. The molecule has 140 valence electrons. The molecule has 0 fully saturated rings. The Morgan fingerprint density at radius 2 is 1.81 bits per heavy atom. The lowest BCUT2D eigenvalue weighted by atomic mass is 10.2. The molecule has 10 heteroatoms. The largest absolute Gasteiger partial charge is 0.501 e. The number of amides is 1. The van der Waals surface area contributed by atoms with Crippen LogP contribution >= 0.6 is 15.9 Å². The smallest absolute Gasteiger partial charge is 0.384 e. The van der Waals surface area contributed by atoms with E-state index >= 15 is 0 Å². The molecular formula is C16H14BrF3N2O3S. The van der Waals surface area contributed by atoms with Crippen molar-refractivity contribution in [1.29, 1.82) is 0 Å². The predicted molar refractivity (Wildman–Crippen MR) is 95.9 cm³/mol. The number of hydrogen-bond donors (Lipinski definition) is 2. The SMILES string of the molecule is CCNc1ccc(S(=O)(=O)C(F)(F)F)cc1NC(=O)c1cccc(Br)c1. The van der Waals surface area contributed by atoms with Crippen LogP contribution in [0.4, 0.5) is 24.5 Å². The summed E-state index contributed by atoms with van der Waals surface area (Å²) >= 11 is 3.22. The number of alkyl halides is 3. The molecule has 0 saturated heterocycles. The Bertz CT molecular complexity index is 931. The Hall–Kier alpha value is -2.07. The van der Waals surface area contributed by atoms with Gasteiger partial charge in [0.1, 0.15) is 0 Å². The van der Waals surface area contributed by atoms with Gasteiger partial charge in [-0.2, -0.15) is 13.2 Å². The van der Waals surface area contributed by atoms with Gasteiger partial charge in [0.15, 0.2) is 0 Å². The highest BCUT2D eigenvalue weighted by Crippen LogP contribution is 2.34. The van der Waals surface area contributed by atoms with Crippen molar-refractivity contribution in [2.24, 2.45) is 0 Å². The van der Waals surface area contributed by atoms with E-state index in [9.17, 15) is 26.4 Å². The van der Waals surface area contributed by atoms with E-state index in [4.69, 9.17) is 0 Å². The lowest BCUT2D eigenvalue weighted by molar-refractivity contribution is -0.0436. The molecule has 0 unspecified atom stereocenters. The zero-order valence-corrected chi connectivity index (χ0v) is 15.8. The summed E-state index contributed by atoms with van der Waals surface area (Å²) in [5.41, 5.74) is -4.94. The van der Waals surface area contributed by atoms with Crippen LogP contribution in [0.1, 0.15) is 17.3 Å². The third kappa shape index (κ3) is 4.36. The Morgan fingerprint density at radius 1 is 1.12 bits per heavy atom. The molecular weight excluding hydrogens is 437 g/mol. The van der Waals surface area contributed by atoms with Crippen molar-refractivity contribution in [3.8, 4) is 0 Å². The van der Waals surface area contributed by atoms with E-state index in [0.717, 1.165) is 12.1 Å². The Labute approximate surface area is 156 Å². The van der Waals surface area contributed by atoms with Gasteiger partial charge in [-0.15, -0.1) is 0 Å². The summed E-state index contributed by atoms with van der Waals surface area (Å²) < 4.78 is 62.2. The molecule has 2 aromatic carbocycles. The summed E-state index contributed by atoms with van der Waals surface area (Å²) in [6, 6.07) is 9.18. The number of sulfone groups is 1. The predicted octanol–water partition coefficient (Wildman–Crippen LogP) is 4.43. The summed E-state index contributed by atoms with van der Waals surface area (Å²) in [4.78, 5) is 11.4. The number of carbonyl (C=O) groups is 1. The van der Waals surface area contributed by atoms with Crippen LogP contribution in [-0.2, 0) is 9.84 Å². The van der Waals surface area contributed by atoms with Crippen LogP contribution in [0.3, 0.4) is 0 Å². The molecule has 0 aliphatic rings. The molecule has 0 aromatic heterocycles. The van der Waals surface area contributed by atoms with Crippen LogP contribution in [0.25, 0.3) is 0 Å². The van der Waals surface area contributed by atoms with Crippen molar-refractivity contribution in [3.05, 3.63) is 52.5 Å². The summed E-state index contributed by atoms with van der Waals surface area (Å²) in [7, 11) is -5.52. The molecule has 0 saturated carbocycles. The average molecular weight is 451 g/mol. The van der Waals surface area contributed by atoms with E-state index in [1.165, 1.54) is 18.2 Å². The number of rotatable bonds is 5. The summed E-state index contributed by atoms with van der Waals surface area (Å²) in [5, 5.41) is 5.31. The zero-order valence-electron chi connectivity index (χ0n) is 13.4. The Kier molecular flexibility index (Phi) is 5.97. The molecule has 0 atom stereocenters. The molecule has 0 radical (unpaired) electrons. The van der Waals surface area contributed by atoms with Crippen LogP contribution in [0, 0.1) is 0 Å². The first-order chi connectivity index (χ1) is 12.1. The lowest BCUT2D eigenvalue weighted by Crippen LogP contribution is -2.23. The van der Waals surface area contributed by atoms with Gasteiger partial charge in [-0.1, -0.05) is 22.0 Å². The molecule has 0 aliphatic heterocycles. The highest BCUT2D eigenvalue weighted by molar-refractivity contribution is 9.10. The van der Waals surface area contributed by atoms with E-state index in [-0.39, 0.29) is 11.3 Å². The van der Waals surface area contributed by atoms with Crippen molar-refractivity contribution >= 4 is 43.0 Å². The fraction of sp³-hybridized carbons (Fsp3) is 0.188. The maximum atomic E-state index is 12.8. The van der Waals surface area contributed by atoms with Gasteiger partial charge in [0.2, 0.25) is 0 Å². The minimum absolute atomic E-state index is 0.0675. The minimum atomic E-state index is -5.52. The van der Waals surface area contributed by atoms with Gasteiger partial charge in [0, 0.05) is 16.6 Å². The van der Waals surface area contributed by atoms with E-state index in [1.807, 2.05) is 0 Å². The molecule has 2 N–H and O–H groups in total. The molecule has 26 heavy (non-hydrogen) atoms. The van der Waals surface area contributed by atoms with Crippen LogP contribution < -0.4 is 10.6 Å². The fourth-order valence-corrected chi connectivity index (χ4v) is 3.28. The van der Waals surface area contributed by atoms with E-state index < -0.39 is 26.1 Å². The zero-order chi connectivity index (χ0) is 19.5. The molecule has 0 spiro atoms. The number of nitrogens with one attached hydrogen (secondary N) is 2. The van der Waals surface area contributed by atoms with Gasteiger partial charge in [0.05, 0.1) is 16.3 Å². The molecule has 0 heterocycles. The van der Waals surface area contributed by atoms with E-state index in [1.54, 1.807) is 19.1 Å². The van der Waals surface area contributed by atoms with Crippen molar-refractivity contribution < 1.29 is 26.4 Å². The molecule has 0 bridgehead atoms. The second-order valence-corrected chi connectivity index (χ2v) is 8.01. The van der Waals surface area contributed by atoms with Gasteiger partial charge in [-0.25, -0.2) is 8.42 Å². The maximum absolute atomic E-state index is 12.8. The monoisotopic (exact) mass is 450 g/mol. The van der Waals surface area contributed by atoms with E-state index in [2.05, 4.69) is 26.6 Å². The topological polar surface area (TPSA) is 75.3 Å². The lowest BCUT2D eigenvalue weighted by Gasteiger charge is -2.15. The Balaban J connectivity index is 2.45. The van der Waals surface area contributed by atoms with Crippen molar-refractivity contribution in [1.82, 2.24) is 0 Å². The normalized spacial score (nSPS) is 11.9. The first-order valence-electron chi connectivity index (χ1n) is 7.32. The summed E-state index contributed by atoms with van der Waals surface area (Å²) in [6.07, 6.45) is 0. The molecule has 2 aromatic rings. The van der Waals surface area contributed by atoms with Gasteiger partial charge in [-0.05, 0) is 43.3 Å². The summed E-state index contributed by atoms with van der Waals surface area (Å²) in [5.74, 6) is -0.591. The highest BCUT2D eigenvalue weighted by atomic mass is 79.9. The highest BCUT2D eigenvalue weighted by Gasteiger charge is 2.47. The molecule has 0 aliphatic carbocycles. The first kappa shape index (κ1) is 20.2. The number of carbonyl (C=O) groups excluding carboxylic acids is 1. The Morgan fingerprint density at radius 3 is 2.38 bits per heavy atom. The van der Waals surface area contributed by atoms with Crippen LogP contribution in [0.2, 0.25) is 0 Å². The standard InChI is InChI=1S/C16H14BrF3N2O3S/c1-2-21-13-7-6-12(26(24,25)16(18,19)20)9-14(13)22-15(23)10-4-3-5-11(17)8-10/h3-9,21H,2H2,1H3,(H,22,23). The van der Waals surface area contributed by atoms with Crippen LogP contribution in [0.5, 0.6) is 0 Å². The number of halogens is 4. The quantitative estimate of drug-likeness (QED) is 0.706. The second kappa shape index (κ2) is 7.67. The minimum Gasteiger partial charge on any atom is -0.384 e. The van der Waals surface area contributed by atoms with Gasteiger partial charge >= 0.3 is 5.51 Å². The van der Waals surface area contributed by atoms with E-state index in [0.29, 0.717) is 16.7 Å². The van der Waals surface area contributed by atoms with Gasteiger partial charge < -0.3 is 10.6 Å². The molecule has 2 rings (SSSR count). The number of hydrogen-bond acceptors (Lipinski definition) is 4. The number of anilines is 2. The summed E-state index contributed by atoms with van der Waals surface area (Å²) in [6.45, 7) is 2.17. The van der Waals surface area contributed by atoms with Crippen LogP contribution in [-0.4, -0.2) is 26.4 Å². The van der Waals surface area contributed by atoms with Crippen LogP contribution in [0.15, 0.2) is 51.8 Å².